The highest BCUT2D eigenvalue weighted by molar-refractivity contribution is 7.98. The summed E-state index contributed by atoms with van der Waals surface area (Å²) in [5, 5.41) is 2.59. The second kappa shape index (κ2) is 11.1. The van der Waals surface area contributed by atoms with E-state index in [4.69, 9.17) is 4.74 Å². The molecule has 1 unspecified atom stereocenters. The number of fused-ring (bicyclic) bond motifs is 1. The molecule has 1 atom stereocenters. The molecule has 4 aromatic carbocycles. The maximum absolute atomic E-state index is 6.11. The first-order valence-corrected chi connectivity index (χ1v) is 13.6. The third kappa shape index (κ3) is 5.32. The van der Waals surface area contributed by atoms with Crippen molar-refractivity contribution in [2.45, 2.75) is 30.1 Å². The van der Waals surface area contributed by atoms with Gasteiger partial charge in [-0.05, 0) is 83.9 Å². The standard InChI is InChI=1S/C31H33NOS/c1-34-28-18-14-26(15-19-28)31(30-11-7-9-24-8-3-4-10-29(24)30)25-12-16-27(17-13-25)33-23-22-32-20-5-2-6-21-32/h3-4,7-19,31H,2,5-6,20-23H2,1H3. The Hall–Kier alpha value is -2.75. The van der Waals surface area contributed by atoms with E-state index in [0.717, 1.165) is 18.9 Å². The minimum Gasteiger partial charge on any atom is -0.492 e. The predicted octanol–water partition coefficient (Wildman–Crippen LogP) is 7.61. The van der Waals surface area contributed by atoms with Crippen molar-refractivity contribution < 1.29 is 4.74 Å². The molecule has 4 aromatic rings. The topological polar surface area (TPSA) is 12.5 Å². The molecule has 1 fully saturated rings. The number of benzene rings is 4. The molecule has 2 nitrogen and oxygen atoms in total. The van der Waals surface area contributed by atoms with Crippen LogP contribution in [0, 0.1) is 0 Å². The van der Waals surface area contributed by atoms with E-state index in [-0.39, 0.29) is 5.92 Å². The normalized spacial score (nSPS) is 15.3. The van der Waals surface area contributed by atoms with Crippen LogP contribution in [0.3, 0.4) is 0 Å². The molecule has 1 saturated heterocycles. The highest BCUT2D eigenvalue weighted by Gasteiger charge is 2.19. The lowest BCUT2D eigenvalue weighted by Crippen LogP contribution is -2.33. The van der Waals surface area contributed by atoms with Crippen LogP contribution in [0.5, 0.6) is 5.75 Å². The van der Waals surface area contributed by atoms with Crippen molar-refractivity contribution in [2.24, 2.45) is 0 Å². The summed E-state index contributed by atoms with van der Waals surface area (Å²) < 4.78 is 6.11. The molecule has 0 aliphatic carbocycles. The Balaban J connectivity index is 1.42. The molecule has 34 heavy (non-hydrogen) atoms. The highest BCUT2D eigenvalue weighted by Crippen LogP contribution is 2.37. The summed E-state index contributed by atoms with van der Waals surface area (Å²) in [7, 11) is 0. The number of thioether (sulfide) groups is 1. The Morgan fingerprint density at radius 1 is 0.765 bits per heavy atom. The first-order valence-electron chi connectivity index (χ1n) is 12.4. The SMILES string of the molecule is CSc1ccc(C(c2ccc(OCCN3CCCCC3)cc2)c2cccc3ccccc23)cc1. The first-order chi connectivity index (χ1) is 16.8. The fraction of sp³-hybridized carbons (Fsp3) is 0.290. The second-order valence-electron chi connectivity index (χ2n) is 9.09. The van der Waals surface area contributed by atoms with Gasteiger partial charge < -0.3 is 4.74 Å². The molecular weight excluding hydrogens is 434 g/mol. The summed E-state index contributed by atoms with van der Waals surface area (Å²) in [5.41, 5.74) is 3.94. The average Bonchev–Trinajstić information content (AvgIpc) is 2.91. The van der Waals surface area contributed by atoms with Gasteiger partial charge in [0.15, 0.2) is 0 Å². The Bertz CT molecular complexity index is 1190. The van der Waals surface area contributed by atoms with Gasteiger partial charge >= 0.3 is 0 Å². The van der Waals surface area contributed by atoms with E-state index in [9.17, 15) is 0 Å². The van der Waals surface area contributed by atoms with E-state index in [1.54, 1.807) is 11.8 Å². The molecule has 174 valence electrons. The molecule has 0 radical (unpaired) electrons. The van der Waals surface area contributed by atoms with Gasteiger partial charge in [0.05, 0.1) is 0 Å². The van der Waals surface area contributed by atoms with Crippen LogP contribution in [0.25, 0.3) is 10.8 Å². The van der Waals surface area contributed by atoms with E-state index in [1.807, 2.05) is 0 Å². The maximum Gasteiger partial charge on any atom is 0.119 e. The second-order valence-corrected chi connectivity index (χ2v) is 9.97. The zero-order valence-corrected chi connectivity index (χ0v) is 20.8. The summed E-state index contributed by atoms with van der Waals surface area (Å²) in [5.74, 6) is 1.12. The minimum atomic E-state index is 0.171. The van der Waals surface area contributed by atoms with Gasteiger partial charge in [0.25, 0.3) is 0 Å². The third-order valence-electron chi connectivity index (χ3n) is 6.92. The van der Waals surface area contributed by atoms with Crippen molar-refractivity contribution in [3.63, 3.8) is 0 Å². The van der Waals surface area contributed by atoms with Crippen molar-refractivity contribution in [3.05, 3.63) is 108 Å². The zero-order chi connectivity index (χ0) is 23.2. The van der Waals surface area contributed by atoms with Crippen LogP contribution in [0.15, 0.2) is 95.9 Å². The van der Waals surface area contributed by atoms with E-state index in [1.165, 1.54) is 64.7 Å². The highest BCUT2D eigenvalue weighted by atomic mass is 32.2. The number of hydrogen-bond acceptors (Lipinski definition) is 3. The van der Waals surface area contributed by atoms with Crippen LogP contribution < -0.4 is 4.74 Å². The number of piperidine rings is 1. The van der Waals surface area contributed by atoms with Crippen molar-refractivity contribution in [3.8, 4) is 5.75 Å². The number of nitrogens with zero attached hydrogens (tertiary/aromatic N) is 1. The molecule has 0 bridgehead atoms. The Labute approximate surface area is 208 Å². The minimum absolute atomic E-state index is 0.171. The molecule has 1 aliphatic rings. The van der Waals surface area contributed by atoms with Gasteiger partial charge in [0, 0.05) is 17.4 Å². The lowest BCUT2D eigenvalue weighted by molar-refractivity contribution is 0.183. The predicted molar refractivity (Wildman–Crippen MR) is 145 cm³/mol. The number of hydrogen-bond donors (Lipinski definition) is 0. The molecule has 0 N–H and O–H groups in total. The molecule has 0 aromatic heterocycles. The van der Waals surface area contributed by atoms with Gasteiger partial charge in [-0.1, -0.05) is 73.2 Å². The van der Waals surface area contributed by atoms with Gasteiger partial charge in [-0.25, -0.2) is 0 Å². The number of likely N-dealkylation sites (tertiary alicyclic amines) is 1. The lowest BCUT2D eigenvalue weighted by atomic mass is 9.83. The fourth-order valence-corrected chi connectivity index (χ4v) is 5.49. The van der Waals surface area contributed by atoms with Crippen molar-refractivity contribution >= 4 is 22.5 Å². The molecule has 3 heteroatoms. The summed E-state index contributed by atoms with van der Waals surface area (Å²) in [6.45, 7) is 4.19. The van der Waals surface area contributed by atoms with Crippen molar-refractivity contribution in [1.29, 1.82) is 0 Å². The van der Waals surface area contributed by atoms with E-state index in [0.29, 0.717) is 0 Å². The molecule has 1 heterocycles. The van der Waals surface area contributed by atoms with Gasteiger partial charge in [0.2, 0.25) is 0 Å². The third-order valence-corrected chi connectivity index (χ3v) is 7.67. The number of rotatable bonds is 8. The van der Waals surface area contributed by atoms with Gasteiger partial charge in [-0.3, -0.25) is 4.90 Å². The van der Waals surface area contributed by atoms with Crippen molar-refractivity contribution in [2.75, 3.05) is 32.5 Å². The molecule has 0 saturated carbocycles. The van der Waals surface area contributed by atoms with Gasteiger partial charge in [0.1, 0.15) is 12.4 Å². The van der Waals surface area contributed by atoms with Crippen LogP contribution in [-0.2, 0) is 0 Å². The van der Waals surface area contributed by atoms with Gasteiger partial charge in [-0.2, -0.15) is 0 Å². The maximum atomic E-state index is 6.11. The molecule has 0 spiro atoms. The molecule has 0 amide bonds. The molecule has 5 rings (SSSR count). The van der Waals surface area contributed by atoms with Gasteiger partial charge in [-0.15, -0.1) is 11.8 Å². The van der Waals surface area contributed by atoms with Crippen LogP contribution in [0.1, 0.15) is 41.9 Å². The lowest BCUT2D eigenvalue weighted by Gasteiger charge is -2.26. The smallest absolute Gasteiger partial charge is 0.119 e. The van der Waals surface area contributed by atoms with Crippen LogP contribution >= 0.6 is 11.8 Å². The largest absolute Gasteiger partial charge is 0.492 e. The number of ether oxygens (including phenoxy) is 1. The quantitative estimate of drug-likeness (QED) is 0.195. The summed E-state index contributed by atoms with van der Waals surface area (Å²) in [4.78, 5) is 3.81. The molecular formula is C31H33NOS. The fourth-order valence-electron chi connectivity index (χ4n) is 5.08. The monoisotopic (exact) mass is 467 g/mol. The first kappa shape index (κ1) is 23.0. The van der Waals surface area contributed by atoms with Crippen LogP contribution in [0.2, 0.25) is 0 Å². The Kier molecular flexibility index (Phi) is 7.52. The molecule has 1 aliphatic heterocycles. The Morgan fingerprint density at radius 3 is 2.18 bits per heavy atom. The van der Waals surface area contributed by atoms with Crippen LogP contribution in [0.4, 0.5) is 0 Å². The van der Waals surface area contributed by atoms with Crippen LogP contribution in [-0.4, -0.2) is 37.4 Å². The summed E-state index contributed by atoms with van der Waals surface area (Å²) in [6.07, 6.45) is 6.14. The zero-order valence-electron chi connectivity index (χ0n) is 20.0. The summed E-state index contributed by atoms with van der Waals surface area (Å²) >= 11 is 1.78. The van der Waals surface area contributed by atoms with E-state index < -0.39 is 0 Å². The summed E-state index contributed by atoms with van der Waals surface area (Å²) in [6, 6.07) is 33.1. The average molecular weight is 468 g/mol. The van der Waals surface area contributed by atoms with E-state index in [2.05, 4.69) is 102 Å². The van der Waals surface area contributed by atoms with E-state index >= 15 is 0 Å². The Morgan fingerprint density at radius 2 is 1.44 bits per heavy atom. The van der Waals surface area contributed by atoms with Crippen molar-refractivity contribution in [1.82, 2.24) is 4.90 Å².